The molecule has 12 aromatic rings. The average Bonchev–Trinajstić information content (AvgIpc) is 3.88. The van der Waals surface area contributed by atoms with Crippen LogP contribution in [0.4, 0.5) is 17.1 Å². The summed E-state index contributed by atoms with van der Waals surface area (Å²) in [6, 6.07) is 77.1. The highest BCUT2D eigenvalue weighted by Crippen LogP contribution is 2.45. The van der Waals surface area contributed by atoms with Crippen molar-refractivity contribution in [3.8, 4) is 33.4 Å². The summed E-state index contributed by atoms with van der Waals surface area (Å²) >= 11 is 1.85. The molecule has 12 rings (SSSR count). The zero-order valence-electron chi connectivity index (χ0n) is 32.0. The Hall–Kier alpha value is -7.46. The van der Waals surface area contributed by atoms with Gasteiger partial charge in [-0.3, -0.25) is 0 Å². The molecule has 0 radical (unpaired) electrons. The van der Waals surface area contributed by atoms with Crippen molar-refractivity contribution < 1.29 is 4.42 Å². The lowest BCUT2D eigenvalue weighted by atomic mass is 9.93. The van der Waals surface area contributed by atoms with Crippen LogP contribution in [0.3, 0.4) is 0 Å². The summed E-state index contributed by atoms with van der Waals surface area (Å²) < 4.78 is 9.19. The van der Waals surface area contributed by atoms with Crippen molar-refractivity contribution in [2.45, 2.75) is 0 Å². The second kappa shape index (κ2) is 13.6. The lowest BCUT2D eigenvalue weighted by Gasteiger charge is -2.27. The molecule has 0 N–H and O–H groups in total. The molecular weight excluding hydrogens is 735 g/mol. The molecule has 276 valence electrons. The predicted octanol–water partition coefficient (Wildman–Crippen LogP) is 16.7. The predicted molar refractivity (Wildman–Crippen MR) is 253 cm³/mol. The van der Waals surface area contributed by atoms with Crippen molar-refractivity contribution in [2.24, 2.45) is 0 Å². The molecule has 0 aliphatic carbocycles. The summed E-state index contributed by atoms with van der Waals surface area (Å²) in [6.07, 6.45) is 0. The van der Waals surface area contributed by atoms with E-state index >= 15 is 0 Å². The van der Waals surface area contributed by atoms with Crippen molar-refractivity contribution in [3.05, 3.63) is 212 Å². The molecule has 0 amide bonds. The number of hydrogen-bond donors (Lipinski definition) is 0. The van der Waals surface area contributed by atoms with E-state index in [0.717, 1.165) is 61.3 Å². The summed E-state index contributed by atoms with van der Waals surface area (Å²) in [5.41, 5.74) is 11.9. The minimum absolute atomic E-state index is 0.895. The zero-order valence-corrected chi connectivity index (χ0v) is 32.8. The molecule has 0 bridgehead atoms. The average molecular weight is 770 g/mol. The fourth-order valence-electron chi connectivity index (χ4n) is 9.05. The van der Waals surface area contributed by atoms with E-state index in [0.29, 0.717) is 0 Å². The standard InChI is InChI=1S/C56H35NOS/c1-2-13-36(14-3-1)39-31-40(45-21-12-22-51-48-19-8-10-23-53(48)58-56(45)51)33-43(32-39)57(42-29-30-50-49-20-9-11-24-54(49)59-55(50)35-42)41-27-25-37(26-28-41)52-34-38-15-4-5-16-44(38)46-17-6-7-18-47(46)52/h1-35H. The molecule has 0 fully saturated rings. The van der Waals surface area contributed by atoms with Crippen molar-refractivity contribution >= 4 is 92.1 Å². The van der Waals surface area contributed by atoms with Gasteiger partial charge in [0.1, 0.15) is 11.2 Å². The van der Waals surface area contributed by atoms with E-state index in [1.165, 1.54) is 52.8 Å². The fraction of sp³-hybridized carbons (Fsp3) is 0. The van der Waals surface area contributed by atoms with Gasteiger partial charge in [-0.15, -0.1) is 11.3 Å². The first-order valence-electron chi connectivity index (χ1n) is 20.1. The van der Waals surface area contributed by atoms with E-state index in [1.54, 1.807) is 0 Å². The molecule has 0 aliphatic heterocycles. The number of benzene rings is 10. The maximum absolute atomic E-state index is 6.63. The van der Waals surface area contributed by atoms with Gasteiger partial charge in [-0.2, -0.15) is 0 Å². The summed E-state index contributed by atoms with van der Waals surface area (Å²) in [7, 11) is 0. The van der Waals surface area contributed by atoms with E-state index in [4.69, 9.17) is 4.42 Å². The smallest absolute Gasteiger partial charge is 0.143 e. The highest BCUT2D eigenvalue weighted by atomic mass is 32.1. The first-order chi connectivity index (χ1) is 29.2. The van der Waals surface area contributed by atoms with Crippen LogP contribution in [0.1, 0.15) is 0 Å². The second-order valence-electron chi connectivity index (χ2n) is 15.3. The Morgan fingerprint density at radius 3 is 1.85 bits per heavy atom. The van der Waals surface area contributed by atoms with Gasteiger partial charge >= 0.3 is 0 Å². The number of para-hydroxylation sites is 2. The van der Waals surface area contributed by atoms with Gasteiger partial charge in [-0.25, -0.2) is 0 Å². The number of anilines is 3. The van der Waals surface area contributed by atoms with Crippen LogP contribution in [-0.4, -0.2) is 0 Å². The molecule has 10 aromatic carbocycles. The fourth-order valence-corrected chi connectivity index (χ4v) is 10.2. The Bertz CT molecular complexity index is 3560. The van der Waals surface area contributed by atoms with Crippen LogP contribution in [0.5, 0.6) is 0 Å². The highest BCUT2D eigenvalue weighted by Gasteiger charge is 2.20. The van der Waals surface area contributed by atoms with E-state index < -0.39 is 0 Å². The van der Waals surface area contributed by atoms with Crippen molar-refractivity contribution in [1.29, 1.82) is 0 Å². The summed E-state index contributed by atoms with van der Waals surface area (Å²) in [4.78, 5) is 2.42. The van der Waals surface area contributed by atoms with Crippen LogP contribution in [0, 0.1) is 0 Å². The Labute approximate surface area is 345 Å². The third-order valence-electron chi connectivity index (χ3n) is 11.8. The lowest BCUT2D eigenvalue weighted by molar-refractivity contribution is 0.670. The van der Waals surface area contributed by atoms with Crippen LogP contribution in [0.15, 0.2) is 217 Å². The van der Waals surface area contributed by atoms with Crippen LogP contribution in [-0.2, 0) is 0 Å². The molecule has 0 aliphatic rings. The van der Waals surface area contributed by atoms with E-state index in [9.17, 15) is 0 Å². The van der Waals surface area contributed by atoms with Gasteiger partial charge in [0.25, 0.3) is 0 Å². The Morgan fingerprint density at radius 2 is 0.983 bits per heavy atom. The van der Waals surface area contributed by atoms with Gasteiger partial charge < -0.3 is 9.32 Å². The summed E-state index contributed by atoms with van der Waals surface area (Å²) in [5, 5.41) is 9.87. The normalized spacial score (nSPS) is 11.7. The number of hydrogen-bond acceptors (Lipinski definition) is 3. The minimum Gasteiger partial charge on any atom is -0.455 e. The van der Waals surface area contributed by atoms with Crippen LogP contribution in [0.25, 0.3) is 97.0 Å². The van der Waals surface area contributed by atoms with Crippen LogP contribution < -0.4 is 4.90 Å². The van der Waals surface area contributed by atoms with Crippen LogP contribution in [0.2, 0.25) is 0 Å². The molecule has 2 aromatic heterocycles. The monoisotopic (exact) mass is 769 g/mol. The van der Waals surface area contributed by atoms with Crippen LogP contribution >= 0.6 is 11.3 Å². The molecular formula is C56H35NOS. The lowest BCUT2D eigenvalue weighted by Crippen LogP contribution is -2.10. The minimum atomic E-state index is 0.895. The van der Waals surface area contributed by atoms with Gasteiger partial charge in [0.05, 0.1) is 0 Å². The highest BCUT2D eigenvalue weighted by molar-refractivity contribution is 7.25. The quantitative estimate of drug-likeness (QED) is 0.157. The topological polar surface area (TPSA) is 16.4 Å². The number of nitrogens with zero attached hydrogens (tertiary/aromatic N) is 1. The van der Waals surface area contributed by atoms with Crippen molar-refractivity contribution in [3.63, 3.8) is 0 Å². The summed E-state index contributed by atoms with van der Waals surface area (Å²) in [5.74, 6) is 0. The maximum atomic E-state index is 6.63. The molecule has 2 nitrogen and oxygen atoms in total. The molecule has 59 heavy (non-hydrogen) atoms. The largest absolute Gasteiger partial charge is 0.455 e. The Morgan fingerprint density at radius 1 is 0.322 bits per heavy atom. The Kier molecular flexibility index (Phi) is 7.75. The van der Waals surface area contributed by atoms with E-state index in [1.807, 2.05) is 17.4 Å². The van der Waals surface area contributed by atoms with Crippen molar-refractivity contribution in [1.82, 2.24) is 0 Å². The maximum Gasteiger partial charge on any atom is 0.143 e. The molecule has 3 heteroatoms. The van der Waals surface area contributed by atoms with E-state index in [-0.39, 0.29) is 0 Å². The molecule has 0 saturated carbocycles. The van der Waals surface area contributed by atoms with Gasteiger partial charge in [0.2, 0.25) is 0 Å². The number of furan rings is 1. The van der Waals surface area contributed by atoms with E-state index in [2.05, 4.69) is 211 Å². The second-order valence-corrected chi connectivity index (χ2v) is 16.4. The third kappa shape index (κ3) is 5.62. The molecule has 2 heterocycles. The number of fused-ring (bicyclic) bond motifs is 9. The SMILES string of the molecule is c1ccc(-c2cc(-c3cccc4c3oc3ccccc34)cc(N(c3ccc(-c4cc5ccccc5c5ccccc45)cc3)c3ccc4c(c3)sc3ccccc34)c2)cc1. The summed E-state index contributed by atoms with van der Waals surface area (Å²) in [6.45, 7) is 0. The van der Waals surface area contributed by atoms with Gasteiger partial charge in [-0.1, -0.05) is 152 Å². The first kappa shape index (κ1) is 33.7. The number of rotatable bonds is 6. The van der Waals surface area contributed by atoms with Gasteiger partial charge in [0.15, 0.2) is 0 Å². The number of thiophene rings is 1. The third-order valence-corrected chi connectivity index (χ3v) is 13.0. The molecule has 0 saturated heterocycles. The zero-order chi connectivity index (χ0) is 38.9. The van der Waals surface area contributed by atoms with Gasteiger partial charge in [0, 0.05) is 53.6 Å². The molecule has 0 spiro atoms. The molecule has 0 unspecified atom stereocenters. The molecule has 0 atom stereocenters. The van der Waals surface area contributed by atoms with Crippen molar-refractivity contribution in [2.75, 3.05) is 4.90 Å². The first-order valence-corrected chi connectivity index (χ1v) is 20.9. The Balaban J connectivity index is 1.08. The van der Waals surface area contributed by atoms with Gasteiger partial charge in [-0.05, 0) is 110 Å².